The molecule has 4 heterocycles. The number of halogens is 6. The molecule has 1 aliphatic heterocycles. The van der Waals surface area contributed by atoms with Gasteiger partial charge in [0.05, 0.1) is 29.8 Å². The first-order valence-corrected chi connectivity index (χ1v) is 9.09. The van der Waals surface area contributed by atoms with E-state index in [1.807, 2.05) is 0 Å². The molecular formula is C18H16F6N6O. The van der Waals surface area contributed by atoms with Gasteiger partial charge in [-0.25, -0.2) is 23.1 Å². The number of aromatic nitrogens is 4. The normalized spacial score (nSPS) is 21.4. The number of alkyl halides is 4. The molecule has 0 spiro atoms. The van der Waals surface area contributed by atoms with Crippen molar-refractivity contribution in [2.45, 2.75) is 30.9 Å². The molecule has 13 heteroatoms. The Balaban J connectivity index is 1.79. The first-order valence-electron chi connectivity index (χ1n) is 9.09. The fourth-order valence-corrected chi connectivity index (χ4v) is 3.17. The second-order valence-corrected chi connectivity index (χ2v) is 7.29. The zero-order valence-electron chi connectivity index (χ0n) is 15.9. The van der Waals surface area contributed by atoms with Crippen molar-refractivity contribution in [2.75, 3.05) is 18.4 Å². The van der Waals surface area contributed by atoms with Crippen LogP contribution in [0.2, 0.25) is 0 Å². The zero-order chi connectivity index (χ0) is 22.6. The summed E-state index contributed by atoms with van der Waals surface area (Å²) in [6.45, 7) is 0.793. The summed E-state index contributed by atoms with van der Waals surface area (Å²) in [5.41, 5.74) is -4.54. The molecule has 0 bridgehead atoms. The maximum Gasteiger partial charge on any atom is 0.422 e. The summed E-state index contributed by atoms with van der Waals surface area (Å²) in [4.78, 5) is 11.4. The molecule has 3 aromatic rings. The number of hydrogen-bond acceptors (Lipinski definition) is 6. The smallest absolute Gasteiger partial charge is 0.375 e. The molecule has 0 radical (unpaired) electrons. The van der Waals surface area contributed by atoms with E-state index >= 15 is 0 Å². The van der Waals surface area contributed by atoms with E-state index in [-0.39, 0.29) is 24.4 Å². The lowest BCUT2D eigenvalue weighted by atomic mass is 10.0. The standard InChI is InChI=1S/C18H16F6N6O/c1-17(31,18(22,23)24)13-7-30-12(5-27-14(30)6-26-13)15-8(19)2-9(20)16(29-15)28-11-4-25-3-10(11)21/h2,5-7,10-11,25,31H,3-4H2,1H3,(H,28,29)/t10-,11-,17?/m0/s1. The third-order valence-corrected chi connectivity index (χ3v) is 5.08. The van der Waals surface area contributed by atoms with Crippen LogP contribution in [-0.4, -0.2) is 55.9 Å². The number of pyridine rings is 1. The molecule has 1 aliphatic rings. The third kappa shape index (κ3) is 3.67. The molecule has 3 atom stereocenters. The minimum atomic E-state index is -5.02. The van der Waals surface area contributed by atoms with E-state index in [1.54, 1.807) is 0 Å². The Bertz CT molecular complexity index is 1130. The number of hydrogen-bond donors (Lipinski definition) is 3. The molecule has 3 aromatic heterocycles. The summed E-state index contributed by atoms with van der Waals surface area (Å²) in [7, 11) is 0. The van der Waals surface area contributed by atoms with Gasteiger partial charge in [-0.3, -0.25) is 9.38 Å². The van der Waals surface area contributed by atoms with Crippen molar-refractivity contribution < 1.29 is 31.4 Å². The number of fused-ring (bicyclic) bond motifs is 1. The second-order valence-electron chi connectivity index (χ2n) is 7.29. The van der Waals surface area contributed by atoms with Crippen LogP contribution in [0.4, 0.5) is 32.2 Å². The van der Waals surface area contributed by atoms with Gasteiger partial charge in [-0.1, -0.05) is 0 Å². The van der Waals surface area contributed by atoms with Crippen molar-refractivity contribution in [1.82, 2.24) is 24.7 Å². The van der Waals surface area contributed by atoms with Crippen LogP contribution in [-0.2, 0) is 5.60 Å². The van der Waals surface area contributed by atoms with E-state index in [2.05, 4.69) is 25.6 Å². The maximum atomic E-state index is 14.5. The van der Waals surface area contributed by atoms with Crippen molar-refractivity contribution >= 4 is 11.5 Å². The highest BCUT2D eigenvalue weighted by Crippen LogP contribution is 2.38. The average molecular weight is 446 g/mol. The van der Waals surface area contributed by atoms with Crippen molar-refractivity contribution in [3.8, 4) is 11.4 Å². The first kappa shape index (κ1) is 21.3. The Morgan fingerprint density at radius 3 is 2.55 bits per heavy atom. The molecule has 4 rings (SSSR count). The Kier molecular flexibility index (Phi) is 5.04. The van der Waals surface area contributed by atoms with E-state index < -0.39 is 52.8 Å². The van der Waals surface area contributed by atoms with Gasteiger partial charge in [0.25, 0.3) is 0 Å². The predicted molar refractivity (Wildman–Crippen MR) is 96.9 cm³/mol. The van der Waals surface area contributed by atoms with E-state index in [9.17, 15) is 31.4 Å². The third-order valence-electron chi connectivity index (χ3n) is 5.08. The monoisotopic (exact) mass is 446 g/mol. The number of nitrogens with zero attached hydrogens (tertiary/aromatic N) is 4. The van der Waals surface area contributed by atoms with Crippen LogP contribution in [0.25, 0.3) is 17.0 Å². The summed E-state index contributed by atoms with van der Waals surface area (Å²) >= 11 is 0. The molecule has 0 amide bonds. The Labute approximate surface area is 171 Å². The topological polar surface area (TPSA) is 87.4 Å². The van der Waals surface area contributed by atoms with Gasteiger partial charge in [-0.2, -0.15) is 13.2 Å². The van der Waals surface area contributed by atoms with Crippen LogP contribution >= 0.6 is 0 Å². The lowest BCUT2D eigenvalue weighted by Crippen LogP contribution is -2.40. The molecule has 0 aliphatic carbocycles. The Morgan fingerprint density at radius 2 is 1.90 bits per heavy atom. The molecule has 1 fully saturated rings. The quantitative estimate of drug-likeness (QED) is 0.534. The van der Waals surface area contributed by atoms with Crippen LogP contribution in [0.3, 0.4) is 0 Å². The van der Waals surface area contributed by atoms with E-state index in [0.717, 1.165) is 23.0 Å². The highest BCUT2D eigenvalue weighted by Gasteiger charge is 2.52. The van der Waals surface area contributed by atoms with Crippen LogP contribution in [0.15, 0.2) is 24.7 Å². The lowest BCUT2D eigenvalue weighted by Gasteiger charge is -2.25. The molecule has 0 aromatic carbocycles. The molecule has 166 valence electrons. The summed E-state index contributed by atoms with van der Waals surface area (Å²) < 4.78 is 83.2. The van der Waals surface area contributed by atoms with Gasteiger partial charge in [0.2, 0.25) is 5.60 Å². The van der Waals surface area contributed by atoms with Crippen LogP contribution in [0.1, 0.15) is 12.6 Å². The van der Waals surface area contributed by atoms with E-state index in [1.165, 1.54) is 0 Å². The molecule has 0 saturated carbocycles. The van der Waals surface area contributed by atoms with Gasteiger partial charge in [0.15, 0.2) is 23.1 Å². The average Bonchev–Trinajstić information content (AvgIpc) is 3.28. The zero-order valence-corrected chi connectivity index (χ0v) is 15.9. The van der Waals surface area contributed by atoms with Gasteiger partial charge in [-0.15, -0.1) is 0 Å². The number of anilines is 1. The van der Waals surface area contributed by atoms with Gasteiger partial charge in [-0.05, 0) is 6.92 Å². The van der Waals surface area contributed by atoms with Gasteiger partial charge in [0, 0.05) is 25.4 Å². The number of nitrogens with one attached hydrogen (secondary N) is 2. The van der Waals surface area contributed by atoms with E-state index in [0.29, 0.717) is 13.0 Å². The molecule has 1 saturated heterocycles. The summed E-state index contributed by atoms with van der Waals surface area (Å²) in [5.74, 6) is -2.58. The predicted octanol–water partition coefficient (Wildman–Crippen LogP) is 2.56. The summed E-state index contributed by atoms with van der Waals surface area (Å²) in [5, 5.41) is 15.2. The van der Waals surface area contributed by atoms with Gasteiger partial charge in [0.1, 0.15) is 11.9 Å². The van der Waals surface area contributed by atoms with E-state index in [4.69, 9.17) is 0 Å². The number of imidazole rings is 1. The molecule has 31 heavy (non-hydrogen) atoms. The highest BCUT2D eigenvalue weighted by molar-refractivity contribution is 5.62. The number of rotatable bonds is 4. The van der Waals surface area contributed by atoms with Gasteiger partial charge >= 0.3 is 6.18 Å². The van der Waals surface area contributed by atoms with Crippen molar-refractivity contribution in [3.63, 3.8) is 0 Å². The largest absolute Gasteiger partial charge is 0.422 e. The fourth-order valence-electron chi connectivity index (χ4n) is 3.17. The fraction of sp³-hybridized carbons (Fsp3) is 0.389. The van der Waals surface area contributed by atoms with Crippen molar-refractivity contribution in [1.29, 1.82) is 0 Å². The molecule has 1 unspecified atom stereocenters. The van der Waals surface area contributed by atoms with Crippen LogP contribution < -0.4 is 10.6 Å². The Morgan fingerprint density at radius 1 is 1.16 bits per heavy atom. The van der Waals surface area contributed by atoms with Gasteiger partial charge < -0.3 is 15.7 Å². The SMILES string of the molecule is CC(O)(c1cn2c(-c3nc(N[C@H]4CNC[C@@H]4F)c(F)cc3F)cnc2cn1)C(F)(F)F. The summed E-state index contributed by atoms with van der Waals surface area (Å²) in [6, 6.07) is -0.256. The Hall–Kier alpha value is -2.93. The van der Waals surface area contributed by atoms with Crippen molar-refractivity contribution in [2.24, 2.45) is 0 Å². The lowest BCUT2D eigenvalue weighted by molar-refractivity contribution is -0.260. The van der Waals surface area contributed by atoms with Crippen molar-refractivity contribution in [3.05, 3.63) is 42.0 Å². The minimum absolute atomic E-state index is 0.0422. The summed E-state index contributed by atoms with van der Waals surface area (Å²) in [6.07, 6.45) is -3.41. The highest BCUT2D eigenvalue weighted by atomic mass is 19.4. The second kappa shape index (κ2) is 7.34. The number of aliphatic hydroxyl groups is 1. The van der Waals surface area contributed by atoms with Crippen LogP contribution in [0.5, 0.6) is 0 Å². The molecular weight excluding hydrogens is 430 g/mol. The molecule has 7 nitrogen and oxygen atoms in total. The molecule has 3 N–H and O–H groups in total. The first-order chi connectivity index (χ1) is 14.5. The minimum Gasteiger partial charge on any atom is -0.375 e. The van der Waals surface area contributed by atoms with Crippen LogP contribution in [0, 0.1) is 11.6 Å². The maximum absolute atomic E-state index is 14.5.